The minimum atomic E-state index is -0.782. The first-order chi connectivity index (χ1) is 12.8. The number of aliphatic hydroxyl groups is 2. The Kier molecular flexibility index (Phi) is 6.18. The zero-order chi connectivity index (χ0) is 18.2. The molecule has 26 heavy (non-hydrogen) atoms. The van der Waals surface area contributed by atoms with E-state index >= 15 is 0 Å². The molecule has 0 radical (unpaired) electrons. The fourth-order valence-corrected chi connectivity index (χ4v) is 3.21. The second-order valence-electron chi connectivity index (χ2n) is 6.25. The highest BCUT2D eigenvalue weighted by atomic mass is 16.5. The number of benzene rings is 3. The van der Waals surface area contributed by atoms with E-state index < -0.39 is 11.7 Å². The number of hydrogen-bond acceptors (Lipinski definition) is 3. The molecule has 0 heterocycles. The molecule has 0 aliphatic heterocycles. The van der Waals surface area contributed by atoms with Crippen molar-refractivity contribution in [3.05, 3.63) is 108 Å². The summed E-state index contributed by atoms with van der Waals surface area (Å²) in [6.07, 6.45) is -0.417. The number of rotatable bonds is 8. The Morgan fingerprint density at radius 3 is 1.42 bits per heavy atom. The predicted octanol–water partition coefficient (Wildman–Crippen LogP) is 3.74. The number of ether oxygens (including phenoxy) is 1. The van der Waals surface area contributed by atoms with E-state index in [1.54, 1.807) is 0 Å². The van der Waals surface area contributed by atoms with Gasteiger partial charge in [-0.25, -0.2) is 0 Å². The van der Waals surface area contributed by atoms with Gasteiger partial charge in [-0.1, -0.05) is 91.0 Å². The van der Waals surface area contributed by atoms with E-state index in [9.17, 15) is 5.11 Å². The van der Waals surface area contributed by atoms with Crippen molar-refractivity contribution in [3.63, 3.8) is 0 Å². The van der Waals surface area contributed by atoms with Gasteiger partial charge in [0.1, 0.15) is 5.60 Å². The molecule has 0 bridgehead atoms. The molecular weight excluding hydrogens is 324 g/mol. The second-order valence-corrected chi connectivity index (χ2v) is 6.25. The molecule has 3 heteroatoms. The van der Waals surface area contributed by atoms with E-state index in [0.717, 1.165) is 16.7 Å². The zero-order valence-corrected chi connectivity index (χ0v) is 14.7. The average molecular weight is 348 g/mol. The van der Waals surface area contributed by atoms with Gasteiger partial charge < -0.3 is 14.9 Å². The third-order valence-corrected chi connectivity index (χ3v) is 4.52. The van der Waals surface area contributed by atoms with Crippen LogP contribution in [0.25, 0.3) is 0 Å². The van der Waals surface area contributed by atoms with Gasteiger partial charge >= 0.3 is 0 Å². The van der Waals surface area contributed by atoms with Gasteiger partial charge in [0.05, 0.1) is 19.3 Å². The van der Waals surface area contributed by atoms with Crippen LogP contribution in [0.4, 0.5) is 0 Å². The summed E-state index contributed by atoms with van der Waals surface area (Å²) in [7, 11) is 0. The van der Waals surface area contributed by atoms with E-state index in [1.165, 1.54) is 0 Å². The maximum Gasteiger partial charge on any atom is 0.143 e. The molecule has 0 fully saturated rings. The van der Waals surface area contributed by atoms with E-state index in [0.29, 0.717) is 13.0 Å². The van der Waals surface area contributed by atoms with Gasteiger partial charge in [0.15, 0.2) is 0 Å². The molecule has 3 rings (SSSR count). The molecule has 3 aromatic rings. The van der Waals surface area contributed by atoms with Crippen molar-refractivity contribution in [3.8, 4) is 0 Å². The van der Waals surface area contributed by atoms with Gasteiger partial charge in [-0.2, -0.15) is 0 Å². The molecule has 1 atom stereocenters. The van der Waals surface area contributed by atoms with Crippen LogP contribution in [-0.2, 0) is 10.3 Å². The predicted molar refractivity (Wildman–Crippen MR) is 103 cm³/mol. The van der Waals surface area contributed by atoms with Gasteiger partial charge in [0, 0.05) is 0 Å². The summed E-state index contributed by atoms with van der Waals surface area (Å²) < 4.78 is 6.49. The fourth-order valence-electron chi connectivity index (χ4n) is 3.21. The lowest BCUT2D eigenvalue weighted by atomic mass is 9.80. The molecule has 0 aliphatic carbocycles. The smallest absolute Gasteiger partial charge is 0.143 e. The summed E-state index contributed by atoms with van der Waals surface area (Å²) >= 11 is 0. The molecule has 0 spiro atoms. The van der Waals surface area contributed by atoms with E-state index in [2.05, 4.69) is 36.4 Å². The monoisotopic (exact) mass is 348 g/mol. The minimum absolute atomic E-state index is 0.266. The minimum Gasteiger partial charge on any atom is -0.394 e. The standard InChI is InChI=1S/C23H24O3/c24-18-22(25)16-17-26-23(19-10-4-1-5-11-19,20-12-6-2-7-13-20)21-14-8-3-9-15-21/h1-15,22,24-25H,16-18H2/t22-/m0/s1. The first-order valence-electron chi connectivity index (χ1n) is 8.87. The SMILES string of the molecule is OC[C@@H](O)CCOC(c1ccccc1)(c1ccccc1)c1ccccc1. The van der Waals surface area contributed by atoms with Crippen molar-refractivity contribution in [1.82, 2.24) is 0 Å². The van der Waals surface area contributed by atoms with Crippen LogP contribution >= 0.6 is 0 Å². The Morgan fingerprint density at radius 1 is 0.692 bits per heavy atom. The van der Waals surface area contributed by atoms with Crippen LogP contribution in [0.2, 0.25) is 0 Å². The van der Waals surface area contributed by atoms with Crippen molar-refractivity contribution in [2.45, 2.75) is 18.1 Å². The summed E-state index contributed by atoms with van der Waals surface area (Å²) in [4.78, 5) is 0. The van der Waals surface area contributed by atoms with Crippen molar-refractivity contribution < 1.29 is 14.9 Å². The quantitative estimate of drug-likeness (QED) is 0.610. The fraction of sp³-hybridized carbons (Fsp3) is 0.217. The molecule has 0 saturated heterocycles. The lowest BCUT2D eigenvalue weighted by Gasteiger charge is -2.36. The Bertz CT molecular complexity index is 676. The average Bonchev–Trinajstić information content (AvgIpc) is 2.73. The second kappa shape index (κ2) is 8.77. The Morgan fingerprint density at radius 2 is 1.08 bits per heavy atom. The molecule has 2 N–H and O–H groups in total. The van der Waals surface area contributed by atoms with E-state index in [-0.39, 0.29) is 6.61 Å². The summed E-state index contributed by atoms with van der Waals surface area (Å²) in [5.41, 5.74) is 2.29. The molecule has 0 aromatic heterocycles. The highest BCUT2D eigenvalue weighted by Crippen LogP contribution is 2.40. The largest absolute Gasteiger partial charge is 0.394 e. The third kappa shape index (κ3) is 3.86. The van der Waals surface area contributed by atoms with Crippen molar-refractivity contribution in [2.24, 2.45) is 0 Å². The molecule has 0 saturated carbocycles. The maximum absolute atomic E-state index is 9.74. The normalized spacial score (nSPS) is 12.7. The molecule has 0 amide bonds. The maximum atomic E-state index is 9.74. The van der Waals surface area contributed by atoms with Crippen LogP contribution in [0, 0.1) is 0 Å². The van der Waals surface area contributed by atoms with E-state index in [4.69, 9.17) is 9.84 Å². The van der Waals surface area contributed by atoms with Gasteiger partial charge in [-0.15, -0.1) is 0 Å². The van der Waals surface area contributed by atoms with Crippen molar-refractivity contribution in [1.29, 1.82) is 0 Å². The third-order valence-electron chi connectivity index (χ3n) is 4.52. The summed E-state index contributed by atoms with van der Waals surface area (Å²) in [5.74, 6) is 0. The first kappa shape index (κ1) is 18.3. The van der Waals surface area contributed by atoms with Crippen LogP contribution in [0.3, 0.4) is 0 Å². The summed E-state index contributed by atoms with van der Waals surface area (Å²) in [6.45, 7) is 0.0543. The van der Waals surface area contributed by atoms with Crippen molar-refractivity contribution >= 4 is 0 Å². The van der Waals surface area contributed by atoms with Crippen LogP contribution in [-0.4, -0.2) is 29.5 Å². The number of aliphatic hydroxyl groups excluding tert-OH is 2. The van der Waals surface area contributed by atoms with Gasteiger partial charge in [0.2, 0.25) is 0 Å². The molecule has 0 unspecified atom stereocenters. The van der Waals surface area contributed by atoms with Crippen LogP contribution in [0.1, 0.15) is 23.1 Å². The molecule has 0 aliphatic rings. The van der Waals surface area contributed by atoms with Crippen LogP contribution in [0.5, 0.6) is 0 Å². The Balaban J connectivity index is 2.11. The molecule has 134 valence electrons. The Hall–Kier alpha value is -2.46. The Labute approximate surface area is 154 Å². The summed E-state index contributed by atoms with van der Waals surface area (Å²) in [5, 5.41) is 18.8. The van der Waals surface area contributed by atoms with E-state index in [1.807, 2.05) is 54.6 Å². The van der Waals surface area contributed by atoms with Gasteiger partial charge in [-0.05, 0) is 23.1 Å². The molecular formula is C23H24O3. The van der Waals surface area contributed by atoms with Crippen LogP contribution < -0.4 is 0 Å². The topological polar surface area (TPSA) is 49.7 Å². The molecule has 3 nitrogen and oxygen atoms in total. The lowest BCUT2D eigenvalue weighted by Crippen LogP contribution is -2.34. The van der Waals surface area contributed by atoms with Crippen molar-refractivity contribution in [2.75, 3.05) is 13.2 Å². The van der Waals surface area contributed by atoms with Gasteiger partial charge in [0.25, 0.3) is 0 Å². The molecule has 3 aromatic carbocycles. The highest BCUT2D eigenvalue weighted by Gasteiger charge is 2.37. The first-order valence-corrected chi connectivity index (χ1v) is 8.87. The van der Waals surface area contributed by atoms with Crippen LogP contribution in [0.15, 0.2) is 91.0 Å². The van der Waals surface area contributed by atoms with Gasteiger partial charge in [-0.3, -0.25) is 0 Å². The lowest BCUT2D eigenvalue weighted by molar-refractivity contribution is -0.0138. The highest BCUT2D eigenvalue weighted by molar-refractivity contribution is 5.47. The number of hydrogen-bond donors (Lipinski definition) is 2. The summed E-state index contributed by atoms with van der Waals surface area (Å²) in [6, 6.07) is 30.3. The zero-order valence-electron chi connectivity index (χ0n) is 14.7.